The summed E-state index contributed by atoms with van der Waals surface area (Å²) >= 11 is 0. The molecule has 3 rings (SSSR count). The maximum atomic E-state index is 12.4. The summed E-state index contributed by atoms with van der Waals surface area (Å²) in [5, 5.41) is 12.1. The highest BCUT2D eigenvalue weighted by Gasteiger charge is 2.21. The van der Waals surface area contributed by atoms with Crippen LogP contribution in [0.1, 0.15) is 28.3 Å². The van der Waals surface area contributed by atoms with Crippen LogP contribution in [-0.4, -0.2) is 47.8 Å². The summed E-state index contributed by atoms with van der Waals surface area (Å²) in [6, 6.07) is 11.9. The van der Waals surface area contributed by atoms with Crippen molar-refractivity contribution in [3.63, 3.8) is 0 Å². The van der Waals surface area contributed by atoms with Crippen molar-refractivity contribution < 1.29 is 24.2 Å². The maximum absolute atomic E-state index is 12.4. The van der Waals surface area contributed by atoms with E-state index in [0.717, 1.165) is 6.42 Å². The van der Waals surface area contributed by atoms with E-state index in [1.807, 2.05) is 6.07 Å². The van der Waals surface area contributed by atoms with Gasteiger partial charge in [0.15, 0.2) is 0 Å². The molecule has 0 saturated carbocycles. The van der Waals surface area contributed by atoms with Crippen LogP contribution in [0.4, 0.5) is 0 Å². The molecule has 1 aromatic heterocycles. The molecule has 1 saturated heterocycles. The average Bonchev–Trinajstić information content (AvgIpc) is 3.15. The number of amides is 1. The normalized spacial score (nSPS) is 17.5. The Labute approximate surface area is 151 Å². The summed E-state index contributed by atoms with van der Waals surface area (Å²) in [5.41, 5.74) is 1.01. The number of nitrogens with zero attached hydrogens (tertiary/aromatic N) is 1. The van der Waals surface area contributed by atoms with Crippen LogP contribution >= 0.6 is 0 Å². The molecule has 136 valence electrons. The van der Waals surface area contributed by atoms with E-state index in [1.165, 1.54) is 6.20 Å². The predicted molar refractivity (Wildman–Crippen MR) is 93.2 cm³/mol. The summed E-state index contributed by atoms with van der Waals surface area (Å²) in [6.07, 6.45) is 2.22. The van der Waals surface area contributed by atoms with Crippen LogP contribution in [0.3, 0.4) is 0 Å². The van der Waals surface area contributed by atoms with E-state index in [9.17, 15) is 14.7 Å². The molecule has 2 unspecified atom stereocenters. The lowest BCUT2D eigenvalue weighted by molar-refractivity contribution is -0.138. The summed E-state index contributed by atoms with van der Waals surface area (Å²) in [7, 11) is 0. The molecular formula is C19H20N2O5. The lowest BCUT2D eigenvalue weighted by atomic mass is 9.99. The van der Waals surface area contributed by atoms with Gasteiger partial charge in [0.25, 0.3) is 5.91 Å². The fourth-order valence-corrected chi connectivity index (χ4v) is 2.72. The average molecular weight is 356 g/mol. The second kappa shape index (κ2) is 8.44. The zero-order valence-corrected chi connectivity index (χ0v) is 14.1. The van der Waals surface area contributed by atoms with Crippen molar-refractivity contribution in [2.45, 2.75) is 18.4 Å². The van der Waals surface area contributed by atoms with Gasteiger partial charge in [0.1, 0.15) is 6.10 Å². The minimum absolute atomic E-state index is 0.00679. The van der Waals surface area contributed by atoms with E-state index in [2.05, 4.69) is 10.3 Å². The minimum Gasteiger partial charge on any atom is -0.481 e. The molecular weight excluding hydrogens is 336 g/mol. The van der Waals surface area contributed by atoms with Crippen molar-refractivity contribution in [2.75, 3.05) is 19.8 Å². The van der Waals surface area contributed by atoms with Gasteiger partial charge in [-0.25, -0.2) is 4.98 Å². The van der Waals surface area contributed by atoms with E-state index >= 15 is 0 Å². The molecule has 26 heavy (non-hydrogen) atoms. The van der Waals surface area contributed by atoms with Crippen molar-refractivity contribution in [3.05, 3.63) is 59.8 Å². The molecule has 0 radical (unpaired) electrons. The third-order valence-electron chi connectivity index (χ3n) is 4.14. The number of benzene rings is 1. The Morgan fingerprint density at radius 1 is 1.31 bits per heavy atom. The summed E-state index contributed by atoms with van der Waals surface area (Å²) in [4.78, 5) is 28.0. The van der Waals surface area contributed by atoms with Crippen molar-refractivity contribution in [3.8, 4) is 5.88 Å². The van der Waals surface area contributed by atoms with Crippen LogP contribution < -0.4 is 10.1 Å². The van der Waals surface area contributed by atoms with Crippen LogP contribution in [0, 0.1) is 0 Å². The Bertz CT molecular complexity index is 760. The quantitative estimate of drug-likeness (QED) is 0.786. The van der Waals surface area contributed by atoms with Gasteiger partial charge in [-0.2, -0.15) is 0 Å². The zero-order valence-electron chi connectivity index (χ0n) is 14.1. The Morgan fingerprint density at radius 3 is 2.81 bits per heavy atom. The fraction of sp³-hybridized carbons (Fsp3) is 0.316. The first kappa shape index (κ1) is 17.9. The number of nitrogens with one attached hydrogen (secondary N) is 1. The number of aliphatic carboxylic acids is 1. The molecule has 1 aromatic carbocycles. The Hall–Kier alpha value is -2.93. The van der Waals surface area contributed by atoms with Gasteiger partial charge in [0.05, 0.1) is 19.1 Å². The van der Waals surface area contributed by atoms with Gasteiger partial charge in [-0.05, 0) is 11.6 Å². The van der Waals surface area contributed by atoms with Crippen molar-refractivity contribution in [1.82, 2.24) is 10.3 Å². The SMILES string of the molecule is O=C(NCC(C(=O)O)c1ccccc1)c1ccnc(OC2CCOC2)c1. The van der Waals surface area contributed by atoms with E-state index in [0.29, 0.717) is 30.2 Å². The summed E-state index contributed by atoms with van der Waals surface area (Å²) in [5.74, 6) is -1.82. The highest BCUT2D eigenvalue weighted by atomic mass is 16.5. The molecule has 1 aliphatic rings. The summed E-state index contributed by atoms with van der Waals surface area (Å²) in [6.45, 7) is 1.16. The van der Waals surface area contributed by atoms with Crippen LogP contribution in [-0.2, 0) is 9.53 Å². The van der Waals surface area contributed by atoms with Gasteiger partial charge in [-0.15, -0.1) is 0 Å². The van der Waals surface area contributed by atoms with Gasteiger partial charge >= 0.3 is 5.97 Å². The van der Waals surface area contributed by atoms with Gasteiger partial charge in [-0.3, -0.25) is 9.59 Å². The number of carboxylic acid groups (broad SMARTS) is 1. The lowest BCUT2D eigenvalue weighted by Gasteiger charge is -2.14. The molecule has 1 amide bonds. The largest absolute Gasteiger partial charge is 0.481 e. The molecule has 7 nitrogen and oxygen atoms in total. The monoisotopic (exact) mass is 356 g/mol. The standard InChI is InChI=1S/C19H20N2O5/c22-18(21-11-16(19(23)24)13-4-2-1-3-5-13)14-6-8-20-17(10-14)26-15-7-9-25-12-15/h1-6,8,10,15-16H,7,9,11-12H2,(H,21,22)(H,23,24). The first-order chi connectivity index (χ1) is 12.6. The second-order valence-corrected chi connectivity index (χ2v) is 6.00. The fourth-order valence-electron chi connectivity index (χ4n) is 2.72. The van der Waals surface area contributed by atoms with Crippen molar-refractivity contribution in [2.24, 2.45) is 0 Å². The third-order valence-corrected chi connectivity index (χ3v) is 4.14. The number of ether oxygens (including phenoxy) is 2. The van der Waals surface area contributed by atoms with Crippen LogP contribution in [0.5, 0.6) is 5.88 Å². The van der Waals surface area contributed by atoms with E-state index < -0.39 is 11.9 Å². The van der Waals surface area contributed by atoms with Gasteiger partial charge in [0, 0.05) is 30.8 Å². The number of carbonyl (C=O) groups is 2. The molecule has 1 aliphatic heterocycles. The number of rotatable bonds is 7. The number of hydrogen-bond acceptors (Lipinski definition) is 5. The molecule has 2 heterocycles. The molecule has 2 atom stereocenters. The van der Waals surface area contributed by atoms with Crippen LogP contribution in [0.15, 0.2) is 48.7 Å². The first-order valence-corrected chi connectivity index (χ1v) is 8.40. The zero-order chi connectivity index (χ0) is 18.4. The number of carboxylic acids is 1. The highest BCUT2D eigenvalue weighted by Crippen LogP contribution is 2.17. The van der Waals surface area contributed by atoms with E-state index in [4.69, 9.17) is 9.47 Å². The second-order valence-electron chi connectivity index (χ2n) is 6.00. The van der Waals surface area contributed by atoms with Crippen molar-refractivity contribution in [1.29, 1.82) is 0 Å². The molecule has 7 heteroatoms. The Balaban J connectivity index is 1.62. The van der Waals surface area contributed by atoms with Gasteiger partial charge < -0.3 is 19.9 Å². The molecule has 0 aliphatic carbocycles. The number of carbonyl (C=O) groups excluding carboxylic acids is 1. The highest BCUT2D eigenvalue weighted by molar-refractivity contribution is 5.94. The third kappa shape index (κ3) is 4.58. The first-order valence-electron chi connectivity index (χ1n) is 8.40. The maximum Gasteiger partial charge on any atom is 0.312 e. The minimum atomic E-state index is -0.989. The molecule has 2 N–H and O–H groups in total. The van der Waals surface area contributed by atoms with Gasteiger partial charge in [-0.1, -0.05) is 30.3 Å². The van der Waals surface area contributed by atoms with E-state index in [1.54, 1.807) is 36.4 Å². The molecule has 1 fully saturated rings. The van der Waals surface area contributed by atoms with E-state index in [-0.39, 0.29) is 18.6 Å². The number of pyridine rings is 1. The van der Waals surface area contributed by atoms with Crippen molar-refractivity contribution >= 4 is 11.9 Å². The molecule has 2 aromatic rings. The van der Waals surface area contributed by atoms with Crippen LogP contribution in [0.2, 0.25) is 0 Å². The Kier molecular flexibility index (Phi) is 5.80. The van der Waals surface area contributed by atoms with Gasteiger partial charge in [0.2, 0.25) is 5.88 Å². The smallest absolute Gasteiger partial charge is 0.312 e. The number of hydrogen-bond donors (Lipinski definition) is 2. The topological polar surface area (TPSA) is 97.8 Å². The number of aromatic nitrogens is 1. The molecule has 0 spiro atoms. The Morgan fingerprint density at radius 2 is 2.12 bits per heavy atom. The van der Waals surface area contributed by atoms with Crippen LogP contribution in [0.25, 0.3) is 0 Å². The molecule has 0 bridgehead atoms. The summed E-state index contributed by atoms with van der Waals surface area (Å²) < 4.78 is 10.9. The lowest BCUT2D eigenvalue weighted by Crippen LogP contribution is -2.31. The predicted octanol–water partition coefficient (Wildman–Crippen LogP) is 1.85.